The molecule has 0 atom stereocenters. The standard InChI is InChI=1S/C28H30N4O2/c33-26(18-28-15-19-11-20(16-28)13-21(12-19)17-28)29-30-27(34)25-14-24(22-7-3-1-4-8-22)31-32(25)23-9-5-2-6-10-23/h1-10,14,19-21H,11-13,15-18H2,(H,29,33)(H,30,34). The van der Waals surface area contributed by atoms with Crippen LogP contribution in [-0.2, 0) is 4.79 Å². The van der Waals surface area contributed by atoms with E-state index in [0.29, 0.717) is 17.8 Å². The number of carbonyl (C=O) groups is 2. The van der Waals surface area contributed by atoms with Gasteiger partial charge in [-0.15, -0.1) is 0 Å². The number of hydrogen-bond acceptors (Lipinski definition) is 3. The average molecular weight is 455 g/mol. The molecule has 0 unspecified atom stereocenters. The van der Waals surface area contributed by atoms with Crippen LogP contribution in [0.1, 0.15) is 55.4 Å². The maximum atomic E-state index is 13.2. The summed E-state index contributed by atoms with van der Waals surface area (Å²) < 4.78 is 1.63. The van der Waals surface area contributed by atoms with Crippen LogP contribution in [0.2, 0.25) is 0 Å². The molecule has 2 aromatic carbocycles. The van der Waals surface area contributed by atoms with Gasteiger partial charge in [-0.3, -0.25) is 20.4 Å². The number of benzene rings is 2. The number of nitrogens with one attached hydrogen (secondary N) is 2. The number of para-hydroxylation sites is 1. The maximum Gasteiger partial charge on any atom is 0.288 e. The van der Waals surface area contributed by atoms with Crippen LogP contribution in [0, 0.1) is 23.2 Å². The molecule has 34 heavy (non-hydrogen) atoms. The first-order valence-corrected chi connectivity index (χ1v) is 12.4. The quantitative estimate of drug-likeness (QED) is 0.538. The monoisotopic (exact) mass is 454 g/mol. The van der Waals surface area contributed by atoms with Crippen molar-refractivity contribution in [1.29, 1.82) is 0 Å². The van der Waals surface area contributed by atoms with Crippen molar-refractivity contribution in [3.63, 3.8) is 0 Å². The second-order valence-corrected chi connectivity index (χ2v) is 10.6. The first-order chi connectivity index (χ1) is 16.6. The van der Waals surface area contributed by atoms with E-state index in [4.69, 9.17) is 0 Å². The van der Waals surface area contributed by atoms with E-state index in [0.717, 1.165) is 29.0 Å². The number of hydrazine groups is 1. The van der Waals surface area contributed by atoms with Gasteiger partial charge in [0.15, 0.2) is 0 Å². The van der Waals surface area contributed by atoms with Gasteiger partial charge in [-0.2, -0.15) is 5.10 Å². The smallest absolute Gasteiger partial charge is 0.273 e. The van der Waals surface area contributed by atoms with Gasteiger partial charge in [0.05, 0.1) is 11.4 Å². The predicted octanol–water partition coefficient (Wildman–Crippen LogP) is 4.91. The van der Waals surface area contributed by atoms with E-state index >= 15 is 0 Å². The number of aromatic nitrogens is 2. The third kappa shape index (κ3) is 4.02. The number of carbonyl (C=O) groups excluding carboxylic acids is 2. The minimum Gasteiger partial charge on any atom is -0.273 e. The minimum atomic E-state index is -0.377. The Morgan fingerprint density at radius 1 is 0.853 bits per heavy atom. The van der Waals surface area contributed by atoms with Gasteiger partial charge in [0, 0.05) is 12.0 Å². The van der Waals surface area contributed by atoms with Crippen molar-refractivity contribution in [2.24, 2.45) is 23.2 Å². The SMILES string of the molecule is O=C(CC12CC3CC(CC(C3)C1)C2)NNC(=O)c1cc(-c2ccccc2)nn1-c1ccccc1. The number of hydrogen-bond donors (Lipinski definition) is 2. The van der Waals surface area contributed by atoms with Gasteiger partial charge >= 0.3 is 0 Å². The van der Waals surface area contributed by atoms with Gasteiger partial charge in [0.2, 0.25) is 5.91 Å². The molecule has 0 saturated heterocycles. The lowest BCUT2D eigenvalue weighted by Gasteiger charge is -2.56. The van der Waals surface area contributed by atoms with Crippen molar-refractivity contribution in [3.05, 3.63) is 72.4 Å². The van der Waals surface area contributed by atoms with Crippen LogP contribution in [0.5, 0.6) is 0 Å². The van der Waals surface area contributed by atoms with Gasteiger partial charge in [-0.05, 0) is 79.9 Å². The van der Waals surface area contributed by atoms with Crippen LogP contribution < -0.4 is 10.9 Å². The van der Waals surface area contributed by atoms with E-state index in [-0.39, 0.29) is 17.2 Å². The van der Waals surface area contributed by atoms with Crippen LogP contribution >= 0.6 is 0 Å². The van der Waals surface area contributed by atoms with Crippen LogP contribution in [0.15, 0.2) is 66.7 Å². The Morgan fingerprint density at radius 3 is 2.06 bits per heavy atom. The lowest BCUT2D eigenvalue weighted by Crippen LogP contribution is -2.50. The Kier molecular flexibility index (Phi) is 5.24. The number of amides is 2. The average Bonchev–Trinajstić information content (AvgIpc) is 3.28. The fourth-order valence-corrected chi connectivity index (χ4v) is 7.14. The molecule has 0 spiro atoms. The highest BCUT2D eigenvalue weighted by molar-refractivity contribution is 5.95. The fourth-order valence-electron chi connectivity index (χ4n) is 7.14. The first kappa shape index (κ1) is 21.1. The third-order valence-corrected chi connectivity index (χ3v) is 8.03. The van der Waals surface area contributed by atoms with Crippen LogP contribution in [-0.4, -0.2) is 21.6 Å². The summed E-state index contributed by atoms with van der Waals surface area (Å²) in [7, 11) is 0. The van der Waals surface area contributed by atoms with Crippen LogP contribution in [0.3, 0.4) is 0 Å². The zero-order valence-electron chi connectivity index (χ0n) is 19.2. The van der Waals surface area contributed by atoms with Gasteiger partial charge < -0.3 is 0 Å². The Hall–Kier alpha value is -3.41. The topological polar surface area (TPSA) is 76.0 Å². The molecule has 7 rings (SSSR count). The van der Waals surface area contributed by atoms with Crippen molar-refractivity contribution < 1.29 is 9.59 Å². The fraction of sp³-hybridized carbons (Fsp3) is 0.393. The molecule has 4 aliphatic carbocycles. The highest BCUT2D eigenvalue weighted by Gasteiger charge is 2.51. The van der Waals surface area contributed by atoms with Crippen molar-refractivity contribution in [3.8, 4) is 16.9 Å². The maximum absolute atomic E-state index is 13.2. The van der Waals surface area contributed by atoms with Crippen molar-refractivity contribution in [1.82, 2.24) is 20.6 Å². The molecular formula is C28H30N4O2. The van der Waals surface area contributed by atoms with E-state index in [2.05, 4.69) is 16.0 Å². The van der Waals surface area contributed by atoms with Gasteiger partial charge in [-0.25, -0.2) is 4.68 Å². The van der Waals surface area contributed by atoms with Gasteiger partial charge in [0.25, 0.3) is 5.91 Å². The molecule has 2 N–H and O–H groups in total. The predicted molar refractivity (Wildman–Crippen MR) is 130 cm³/mol. The second-order valence-electron chi connectivity index (χ2n) is 10.6. The van der Waals surface area contributed by atoms with Crippen molar-refractivity contribution in [2.75, 3.05) is 0 Å². The summed E-state index contributed by atoms with van der Waals surface area (Å²) in [6.45, 7) is 0. The highest BCUT2D eigenvalue weighted by atomic mass is 16.2. The summed E-state index contributed by atoms with van der Waals surface area (Å²) in [4.78, 5) is 26.1. The molecule has 4 fully saturated rings. The molecule has 4 saturated carbocycles. The molecule has 0 radical (unpaired) electrons. The molecule has 2 amide bonds. The Bertz CT molecular complexity index is 1170. The summed E-state index contributed by atoms with van der Waals surface area (Å²) in [6.07, 6.45) is 8.06. The Morgan fingerprint density at radius 2 is 1.44 bits per heavy atom. The summed E-state index contributed by atoms with van der Waals surface area (Å²) in [5.41, 5.74) is 8.29. The zero-order valence-corrected chi connectivity index (χ0v) is 19.2. The molecule has 4 aliphatic rings. The molecule has 174 valence electrons. The highest BCUT2D eigenvalue weighted by Crippen LogP contribution is 2.61. The molecule has 1 aromatic heterocycles. The van der Waals surface area contributed by atoms with E-state index in [1.54, 1.807) is 10.7 Å². The van der Waals surface area contributed by atoms with Gasteiger partial charge in [-0.1, -0.05) is 48.5 Å². The lowest BCUT2D eigenvalue weighted by molar-refractivity contribution is -0.130. The number of rotatable bonds is 5. The van der Waals surface area contributed by atoms with Crippen molar-refractivity contribution >= 4 is 11.8 Å². The molecule has 6 heteroatoms. The Labute approximate surface area is 199 Å². The molecule has 6 nitrogen and oxygen atoms in total. The molecule has 4 bridgehead atoms. The summed E-state index contributed by atoms with van der Waals surface area (Å²) in [6, 6.07) is 21.1. The van der Waals surface area contributed by atoms with E-state index < -0.39 is 0 Å². The van der Waals surface area contributed by atoms with E-state index in [1.165, 1.54) is 38.5 Å². The van der Waals surface area contributed by atoms with E-state index in [1.807, 2.05) is 60.7 Å². The summed E-state index contributed by atoms with van der Waals surface area (Å²) >= 11 is 0. The normalized spacial score (nSPS) is 26.9. The Balaban J connectivity index is 1.18. The second kappa shape index (κ2) is 8.42. The molecular weight excluding hydrogens is 424 g/mol. The van der Waals surface area contributed by atoms with Crippen LogP contribution in [0.25, 0.3) is 16.9 Å². The largest absolute Gasteiger partial charge is 0.288 e. The summed E-state index contributed by atoms with van der Waals surface area (Å²) in [5.74, 6) is 1.92. The van der Waals surface area contributed by atoms with E-state index in [9.17, 15) is 9.59 Å². The molecule has 3 aromatic rings. The van der Waals surface area contributed by atoms with Crippen molar-refractivity contribution in [2.45, 2.75) is 44.9 Å². The molecule has 0 aliphatic heterocycles. The third-order valence-electron chi connectivity index (χ3n) is 8.03. The molecule has 1 heterocycles. The zero-order chi connectivity index (χ0) is 23.1. The summed E-state index contributed by atoms with van der Waals surface area (Å²) in [5, 5.41) is 4.69. The minimum absolute atomic E-state index is 0.0932. The van der Waals surface area contributed by atoms with Gasteiger partial charge in [0.1, 0.15) is 5.69 Å². The number of nitrogens with zero attached hydrogens (tertiary/aromatic N) is 2. The van der Waals surface area contributed by atoms with Crippen LogP contribution in [0.4, 0.5) is 0 Å². The lowest BCUT2D eigenvalue weighted by atomic mass is 9.49. The first-order valence-electron chi connectivity index (χ1n) is 12.4.